The molecule has 0 saturated carbocycles. The molecule has 1 rings (SSSR count). The van der Waals surface area contributed by atoms with Crippen molar-refractivity contribution in [1.82, 2.24) is 0 Å². The predicted molar refractivity (Wildman–Crippen MR) is 77.2 cm³/mol. The zero-order valence-electron chi connectivity index (χ0n) is 11.7. The van der Waals surface area contributed by atoms with Gasteiger partial charge in [0.1, 0.15) is 0 Å². The highest BCUT2D eigenvalue weighted by atomic mass is 127. The summed E-state index contributed by atoms with van der Waals surface area (Å²) in [6, 6.07) is 0.537. The van der Waals surface area contributed by atoms with Crippen molar-refractivity contribution in [3.05, 3.63) is 26.8 Å². The maximum absolute atomic E-state index is 12.9. The Labute approximate surface area is 136 Å². The second-order valence-electron chi connectivity index (χ2n) is 5.58. The molecule has 1 amide bonds. The van der Waals surface area contributed by atoms with Gasteiger partial charge in [-0.25, -0.2) is 0 Å². The third-order valence-corrected chi connectivity index (χ3v) is 3.80. The number of carbonyl (C=O) groups excluding carboxylic acids is 1. The number of amides is 1. The van der Waals surface area contributed by atoms with Gasteiger partial charge in [-0.15, -0.1) is 0 Å². The Bertz CT molecular complexity index is 586. The molecule has 0 saturated heterocycles. The Morgan fingerprint density at radius 3 is 1.86 bits per heavy atom. The van der Waals surface area contributed by atoms with Crippen molar-refractivity contribution >= 4 is 34.2 Å². The van der Waals surface area contributed by atoms with Crippen LogP contribution in [0.5, 0.6) is 0 Å². The second kappa shape index (κ2) is 5.89. The number of carbonyl (C=O) groups is 1. The van der Waals surface area contributed by atoms with E-state index in [1.54, 1.807) is 0 Å². The average molecular weight is 439 g/mol. The summed E-state index contributed by atoms with van der Waals surface area (Å²) in [4.78, 5) is 11.8. The first-order chi connectivity index (χ1) is 9.64. The van der Waals surface area contributed by atoms with Crippen molar-refractivity contribution in [3.8, 4) is 0 Å². The number of benzene rings is 1. The van der Waals surface area contributed by atoms with Crippen LogP contribution in [0.3, 0.4) is 0 Å². The molecule has 1 aromatic rings. The number of alkyl halides is 6. The highest BCUT2D eigenvalue weighted by Crippen LogP contribution is 2.41. The van der Waals surface area contributed by atoms with Crippen molar-refractivity contribution < 1.29 is 31.1 Å². The smallest absolute Gasteiger partial charge is 0.325 e. The zero-order valence-corrected chi connectivity index (χ0v) is 13.9. The molecule has 1 aromatic carbocycles. The van der Waals surface area contributed by atoms with E-state index < -0.39 is 44.1 Å². The van der Waals surface area contributed by atoms with Crippen molar-refractivity contribution in [2.75, 3.05) is 5.32 Å². The molecule has 0 atom stereocenters. The lowest BCUT2D eigenvalue weighted by molar-refractivity contribution is -0.143. The molecule has 0 aliphatic carbocycles. The number of hydrogen-bond acceptors (Lipinski definition) is 1. The predicted octanol–water partition coefficient (Wildman–Crippen LogP) is 5.31. The van der Waals surface area contributed by atoms with E-state index in [1.807, 2.05) is 0 Å². The molecule has 0 aliphatic heterocycles. The van der Waals surface area contributed by atoms with E-state index in [0.717, 1.165) is 0 Å². The van der Waals surface area contributed by atoms with Crippen LogP contribution in [0.15, 0.2) is 12.1 Å². The molecular weight excluding hydrogens is 427 g/mol. The van der Waals surface area contributed by atoms with Crippen LogP contribution in [0, 0.1) is 8.99 Å². The van der Waals surface area contributed by atoms with Gasteiger partial charge in [0.15, 0.2) is 0 Å². The maximum atomic E-state index is 12.9. The van der Waals surface area contributed by atoms with Crippen molar-refractivity contribution in [2.24, 2.45) is 5.41 Å². The third kappa shape index (κ3) is 4.50. The molecule has 124 valence electrons. The lowest BCUT2D eigenvalue weighted by Crippen LogP contribution is -2.28. The molecule has 0 bridgehead atoms. The average Bonchev–Trinajstić information content (AvgIpc) is 2.27. The van der Waals surface area contributed by atoms with E-state index in [2.05, 4.69) is 5.32 Å². The summed E-state index contributed by atoms with van der Waals surface area (Å²) in [5.41, 5.74) is -4.38. The van der Waals surface area contributed by atoms with E-state index in [9.17, 15) is 31.1 Å². The molecule has 0 unspecified atom stereocenters. The third-order valence-electron chi connectivity index (χ3n) is 2.63. The molecule has 0 radical (unpaired) electrons. The van der Waals surface area contributed by atoms with Crippen LogP contribution in [0.4, 0.5) is 32.0 Å². The molecule has 9 heteroatoms. The maximum Gasteiger partial charge on any atom is 0.417 e. The molecule has 22 heavy (non-hydrogen) atoms. The van der Waals surface area contributed by atoms with Gasteiger partial charge in [0.25, 0.3) is 0 Å². The number of hydrogen-bond donors (Lipinski definition) is 1. The first-order valence-corrected chi connectivity index (χ1v) is 7.01. The van der Waals surface area contributed by atoms with Gasteiger partial charge in [0.2, 0.25) is 5.91 Å². The Balaban J connectivity index is 3.47. The van der Waals surface area contributed by atoms with E-state index >= 15 is 0 Å². The number of halogens is 7. The van der Waals surface area contributed by atoms with Crippen molar-refractivity contribution in [1.29, 1.82) is 0 Å². The highest BCUT2D eigenvalue weighted by Gasteiger charge is 2.39. The molecule has 0 aromatic heterocycles. The molecule has 0 spiro atoms. The highest BCUT2D eigenvalue weighted by molar-refractivity contribution is 14.1. The Hall–Kier alpha value is -1.00. The molecule has 2 nitrogen and oxygen atoms in total. The van der Waals surface area contributed by atoms with Crippen molar-refractivity contribution in [2.45, 2.75) is 33.1 Å². The normalized spacial score (nSPS) is 13.2. The summed E-state index contributed by atoms with van der Waals surface area (Å²) in [7, 11) is 0. The summed E-state index contributed by atoms with van der Waals surface area (Å²) in [6.07, 6.45) is -9.91. The number of nitrogens with one attached hydrogen (secondary N) is 1. The minimum Gasteiger partial charge on any atom is -0.325 e. The monoisotopic (exact) mass is 439 g/mol. The van der Waals surface area contributed by atoms with E-state index in [0.29, 0.717) is 6.07 Å². The largest absolute Gasteiger partial charge is 0.417 e. The zero-order chi connectivity index (χ0) is 17.5. The number of rotatable bonds is 1. The van der Waals surface area contributed by atoms with E-state index in [-0.39, 0.29) is 6.07 Å². The Morgan fingerprint density at radius 1 is 1.00 bits per heavy atom. The minimum absolute atomic E-state index is 0.0362. The summed E-state index contributed by atoms with van der Waals surface area (Å²) >= 11 is 1.27. The molecular formula is C13H12F6INO. The van der Waals surface area contributed by atoms with Crippen molar-refractivity contribution in [3.63, 3.8) is 0 Å². The van der Waals surface area contributed by atoms with Crippen LogP contribution in [0.2, 0.25) is 0 Å². The minimum atomic E-state index is -4.96. The standard InChI is InChI=1S/C13H12F6INO/c1-11(2,3)10(22)21-8-5-6(12(14,15)16)4-7(9(8)20)13(17,18)19/h4-5H,1-3H3,(H,21,22). The SMILES string of the molecule is CC(C)(C)C(=O)Nc1cc(C(F)(F)F)cc(C(F)(F)F)c1I. The molecule has 0 aliphatic rings. The quantitative estimate of drug-likeness (QED) is 0.467. The van der Waals surface area contributed by atoms with Crippen LogP contribution in [0.1, 0.15) is 31.9 Å². The van der Waals surface area contributed by atoms with Gasteiger partial charge in [-0.1, -0.05) is 20.8 Å². The van der Waals surface area contributed by atoms with Gasteiger partial charge >= 0.3 is 12.4 Å². The fraction of sp³-hybridized carbons (Fsp3) is 0.462. The summed E-state index contributed by atoms with van der Waals surface area (Å²) < 4.78 is 76.4. The summed E-state index contributed by atoms with van der Waals surface area (Å²) in [5.74, 6) is -0.683. The van der Waals surface area contributed by atoms with Gasteiger partial charge in [-0.05, 0) is 34.7 Å². The van der Waals surface area contributed by atoms with Crippen LogP contribution in [0.25, 0.3) is 0 Å². The first-order valence-electron chi connectivity index (χ1n) is 5.93. The fourth-order valence-corrected chi connectivity index (χ4v) is 2.15. The van der Waals surface area contributed by atoms with E-state index in [1.165, 1.54) is 43.4 Å². The van der Waals surface area contributed by atoms with Gasteiger partial charge in [0, 0.05) is 8.99 Å². The van der Waals surface area contributed by atoms with Gasteiger partial charge in [0.05, 0.1) is 16.8 Å². The Kier molecular flexibility index (Phi) is 5.10. The van der Waals surface area contributed by atoms with Gasteiger partial charge in [-0.3, -0.25) is 4.79 Å². The second-order valence-corrected chi connectivity index (χ2v) is 6.66. The van der Waals surface area contributed by atoms with Gasteiger partial charge in [-0.2, -0.15) is 26.3 Å². The molecule has 0 heterocycles. The van der Waals surface area contributed by atoms with Crippen LogP contribution in [-0.2, 0) is 17.1 Å². The lowest BCUT2D eigenvalue weighted by atomic mass is 9.95. The molecule has 1 N–H and O–H groups in total. The Morgan fingerprint density at radius 2 is 1.50 bits per heavy atom. The van der Waals surface area contributed by atoms with E-state index in [4.69, 9.17) is 0 Å². The fourth-order valence-electron chi connectivity index (χ4n) is 1.40. The van der Waals surface area contributed by atoms with Crippen LogP contribution < -0.4 is 5.32 Å². The number of anilines is 1. The van der Waals surface area contributed by atoms with Crippen LogP contribution >= 0.6 is 22.6 Å². The van der Waals surface area contributed by atoms with Crippen LogP contribution in [-0.4, -0.2) is 5.91 Å². The van der Waals surface area contributed by atoms with Gasteiger partial charge < -0.3 is 5.32 Å². The lowest BCUT2D eigenvalue weighted by Gasteiger charge is -2.21. The summed E-state index contributed by atoms with van der Waals surface area (Å²) in [6.45, 7) is 4.48. The molecule has 0 fully saturated rings. The first kappa shape index (κ1) is 19.0. The summed E-state index contributed by atoms with van der Waals surface area (Å²) in [5, 5.41) is 2.13. The topological polar surface area (TPSA) is 29.1 Å².